The molecule has 0 saturated carbocycles. The Kier molecular flexibility index (Phi) is 3.73. The number of aromatic nitrogens is 4. The van der Waals surface area contributed by atoms with Crippen molar-refractivity contribution in [3.05, 3.63) is 23.1 Å². The van der Waals surface area contributed by atoms with Gasteiger partial charge in [0.15, 0.2) is 11.4 Å². The predicted molar refractivity (Wildman–Crippen MR) is 67.6 cm³/mol. The highest BCUT2D eigenvalue weighted by Crippen LogP contribution is 2.33. The van der Waals surface area contributed by atoms with E-state index in [-0.39, 0.29) is 11.8 Å². The minimum Gasteiger partial charge on any atom is -0.435 e. The second-order valence-corrected chi connectivity index (χ2v) is 4.28. The summed E-state index contributed by atoms with van der Waals surface area (Å²) >= 11 is 0. The summed E-state index contributed by atoms with van der Waals surface area (Å²) < 4.78 is 45.2. The van der Waals surface area contributed by atoms with Crippen LogP contribution in [0.2, 0.25) is 0 Å². The number of nitrogen functional groups attached to an aromatic ring is 1. The van der Waals surface area contributed by atoms with Crippen LogP contribution >= 0.6 is 0 Å². The number of hydrogen-bond donors (Lipinski definition) is 2. The first-order chi connectivity index (χ1) is 9.72. The molecule has 0 amide bonds. The van der Waals surface area contributed by atoms with Gasteiger partial charge < -0.3 is 4.74 Å². The Labute approximate surface area is 117 Å². The van der Waals surface area contributed by atoms with Crippen molar-refractivity contribution in [2.45, 2.75) is 20.0 Å². The molecule has 0 aliphatic rings. The van der Waals surface area contributed by atoms with Gasteiger partial charge in [0.2, 0.25) is 11.8 Å². The SMILES string of the molecule is Cc1nn(C)c(C)c1Oc1cc(C(F)(F)F)nc(NN)n1. The molecule has 2 rings (SSSR count). The van der Waals surface area contributed by atoms with Gasteiger partial charge in [-0.3, -0.25) is 10.1 Å². The molecule has 0 fully saturated rings. The number of anilines is 1. The molecular weight excluding hydrogens is 289 g/mol. The van der Waals surface area contributed by atoms with Gasteiger partial charge in [-0.25, -0.2) is 10.8 Å². The van der Waals surface area contributed by atoms with Crippen molar-refractivity contribution in [2.24, 2.45) is 12.9 Å². The molecule has 0 bridgehead atoms. The van der Waals surface area contributed by atoms with E-state index < -0.39 is 11.9 Å². The number of rotatable bonds is 3. The lowest BCUT2D eigenvalue weighted by Crippen LogP contribution is -2.15. The molecule has 3 N–H and O–H groups in total. The standard InChI is InChI=1S/C11H13F3N6O/c1-5-9(6(2)20(3)19-5)21-8-4-7(11(12,13)14)16-10(17-8)18-15/h4H,15H2,1-3H3,(H,16,17,18). The number of aryl methyl sites for hydroxylation is 2. The van der Waals surface area contributed by atoms with Crippen molar-refractivity contribution >= 4 is 5.95 Å². The maximum atomic E-state index is 12.8. The Morgan fingerprint density at radius 3 is 2.43 bits per heavy atom. The van der Waals surface area contributed by atoms with Gasteiger partial charge in [0.1, 0.15) is 5.69 Å². The highest BCUT2D eigenvalue weighted by molar-refractivity contribution is 5.38. The average molecular weight is 302 g/mol. The highest BCUT2D eigenvalue weighted by atomic mass is 19.4. The van der Waals surface area contributed by atoms with Crippen molar-refractivity contribution in [3.8, 4) is 11.6 Å². The summed E-state index contributed by atoms with van der Waals surface area (Å²) in [4.78, 5) is 6.99. The normalized spacial score (nSPS) is 11.6. The Bertz CT molecular complexity index is 667. The van der Waals surface area contributed by atoms with Crippen LogP contribution in [0.3, 0.4) is 0 Å². The maximum Gasteiger partial charge on any atom is 0.433 e. The van der Waals surface area contributed by atoms with Crippen LogP contribution in [0.4, 0.5) is 19.1 Å². The number of nitrogens with zero attached hydrogens (tertiary/aromatic N) is 4. The molecule has 0 radical (unpaired) electrons. The molecule has 10 heteroatoms. The molecule has 0 atom stereocenters. The van der Waals surface area contributed by atoms with E-state index in [1.54, 1.807) is 25.6 Å². The number of alkyl halides is 3. The summed E-state index contributed by atoms with van der Waals surface area (Å²) in [6.07, 6.45) is -4.63. The molecule has 0 aliphatic carbocycles. The minimum absolute atomic E-state index is 0.274. The zero-order valence-electron chi connectivity index (χ0n) is 11.5. The molecule has 0 saturated heterocycles. The van der Waals surface area contributed by atoms with Crippen molar-refractivity contribution in [1.82, 2.24) is 19.7 Å². The molecule has 114 valence electrons. The summed E-state index contributed by atoms with van der Waals surface area (Å²) in [5.41, 5.74) is 2.01. The van der Waals surface area contributed by atoms with E-state index in [0.29, 0.717) is 23.2 Å². The third-order valence-electron chi connectivity index (χ3n) is 2.77. The number of ether oxygens (including phenoxy) is 1. The first-order valence-corrected chi connectivity index (χ1v) is 5.83. The van der Waals surface area contributed by atoms with Crippen LogP contribution in [0, 0.1) is 13.8 Å². The minimum atomic E-state index is -4.63. The Morgan fingerprint density at radius 1 is 1.29 bits per heavy atom. The van der Waals surface area contributed by atoms with E-state index in [2.05, 4.69) is 15.1 Å². The maximum absolute atomic E-state index is 12.8. The van der Waals surface area contributed by atoms with Crippen LogP contribution in [-0.2, 0) is 13.2 Å². The van der Waals surface area contributed by atoms with Gasteiger partial charge >= 0.3 is 6.18 Å². The van der Waals surface area contributed by atoms with Crippen LogP contribution in [0.5, 0.6) is 11.6 Å². The van der Waals surface area contributed by atoms with Crippen LogP contribution in [-0.4, -0.2) is 19.7 Å². The molecule has 0 aromatic carbocycles. The van der Waals surface area contributed by atoms with Gasteiger partial charge in [-0.2, -0.15) is 23.3 Å². The molecule has 21 heavy (non-hydrogen) atoms. The average Bonchev–Trinajstić information content (AvgIpc) is 2.64. The number of halogens is 3. The third-order valence-corrected chi connectivity index (χ3v) is 2.77. The number of hydrazine groups is 1. The molecule has 0 unspecified atom stereocenters. The van der Waals surface area contributed by atoms with E-state index >= 15 is 0 Å². The molecule has 7 nitrogen and oxygen atoms in total. The fourth-order valence-electron chi connectivity index (χ4n) is 1.69. The number of hydrogen-bond acceptors (Lipinski definition) is 6. The number of nitrogens with two attached hydrogens (primary N) is 1. The first-order valence-electron chi connectivity index (χ1n) is 5.83. The summed E-state index contributed by atoms with van der Waals surface area (Å²) in [7, 11) is 1.70. The van der Waals surface area contributed by atoms with E-state index in [1.807, 2.05) is 5.43 Å². The quantitative estimate of drug-likeness (QED) is 0.665. The Morgan fingerprint density at radius 2 is 1.95 bits per heavy atom. The van der Waals surface area contributed by atoms with Crippen molar-refractivity contribution in [1.29, 1.82) is 0 Å². The largest absolute Gasteiger partial charge is 0.435 e. The lowest BCUT2D eigenvalue weighted by atomic mass is 10.3. The monoisotopic (exact) mass is 302 g/mol. The third kappa shape index (κ3) is 3.05. The van der Waals surface area contributed by atoms with Gasteiger partial charge in [0.25, 0.3) is 0 Å². The number of nitrogens with one attached hydrogen (secondary N) is 1. The smallest absolute Gasteiger partial charge is 0.433 e. The van der Waals surface area contributed by atoms with Crippen molar-refractivity contribution < 1.29 is 17.9 Å². The van der Waals surface area contributed by atoms with E-state index in [9.17, 15) is 13.2 Å². The van der Waals surface area contributed by atoms with E-state index in [4.69, 9.17) is 10.6 Å². The second-order valence-electron chi connectivity index (χ2n) is 4.28. The van der Waals surface area contributed by atoms with E-state index in [1.165, 1.54) is 0 Å². The summed E-state index contributed by atoms with van der Waals surface area (Å²) in [5, 5.41) is 4.11. The molecule has 2 heterocycles. The zero-order valence-corrected chi connectivity index (χ0v) is 11.5. The molecule has 0 aliphatic heterocycles. The molecular formula is C11H13F3N6O. The summed E-state index contributed by atoms with van der Waals surface area (Å²) in [6.45, 7) is 3.40. The summed E-state index contributed by atoms with van der Waals surface area (Å²) in [5.74, 6) is 4.75. The van der Waals surface area contributed by atoms with E-state index in [0.717, 1.165) is 0 Å². The van der Waals surface area contributed by atoms with Gasteiger partial charge in [0, 0.05) is 13.1 Å². The molecule has 2 aromatic rings. The highest BCUT2D eigenvalue weighted by Gasteiger charge is 2.34. The van der Waals surface area contributed by atoms with Crippen molar-refractivity contribution in [3.63, 3.8) is 0 Å². The van der Waals surface area contributed by atoms with Gasteiger partial charge in [-0.1, -0.05) is 0 Å². The fraction of sp³-hybridized carbons (Fsp3) is 0.364. The molecule has 0 spiro atoms. The van der Waals surface area contributed by atoms with Gasteiger partial charge in [-0.05, 0) is 13.8 Å². The van der Waals surface area contributed by atoms with Crippen LogP contribution in [0.25, 0.3) is 0 Å². The van der Waals surface area contributed by atoms with Gasteiger partial charge in [-0.15, -0.1) is 0 Å². The zero-order chi connectivity index (χ0) is 15.8. The lowest BCUT2D eigenvalue weighted by Gasteiger charge is -2.10. The fourth-order valence-corrected chi connectivity index (χ4v) is 1.69. The Hall–Kier alpha value is -2.36. The molecule has 2 aromatic heterocycles. The Balaban J connectivity index is 2.44. The summed E-state index contributed by atoms with van der Waals surface area (Å²) in [6, 6.07) is 0.701. The lowest BCUT2D eigenvalue weighted by molar-refractivity contribution is -0.141. The first kappa shape index (κ1) is 15.0. The second kappa shape index (κ2) is 5.20. The van der Waals surface area contributed by atoms with Crippen molar-refractivity contribution in [2.75, 3.05) is 5.43 Å². The van der Waals surface area contributed by atoms with Crippen LogP contribution < -0.4 is 16.0 Å². The predicted octanol–water partition coefficient (Wildman–Crippen LogP) is 1.92. The topological polar surface area (TPSA) is 90.9 Å². The van der Waals surface area contributed by atoms with Crippen LogP contribution in [0.15, 0.2) is 6.07 Å². The van der Waals surface area contributed by atoms with Gasteiger partial charge in [0.05, 0.1) is 5.69 Å². The van der Waals surface area contributed by atoms with Crippen LogP contribution in [0.1, 0.15) is 17.1 Å².